The van der Waals surface area contributed by atoms with Gasteiger partial charge in [0.15, 0.2) is 4.90 Å². The Kier molecular flexibility index (Phi) is 5.09. The number of benzene rings is 2. The largest absolute Gasteiger partial charge is 0.497 e. The summed E-state index contributed by atoms with van der Waals surface area (Å²) in [5.41, 5.74) is -0.273. The fraction of sp³-hybridized carbons (Fsp3) is 0.0556. The van der Waals surface area contributed by atoms with Crippen molar-refractivity contribution in [2.45, 2.75) is 4.90 Å². The monoisotopic (exact) mass is 410 g/mol. The highest BCUT2D eigenvalue weighted by atomic mass is 35.5. The zero-order valence-corrected chi connectivity index (χ0v) is 15.7. The van der Waals surface area contributed by atoms with Crippen molar-refractivity contribution in [3.05, 3.63) is 73.9 Å². The predicted octanol–water partition coefficient (Wildman–Crippen LogP) is 4.55. The van der Waals surface area contributed by atoms with Gasteiger partial charge in [0.05, 0.1) is 7.11 Å². The number of halogens is 2. The van der Waals surface area contributed by atoms with E-state index >= 15 is 0 Å². The summed E-state index contributed by atoms with van der Waals surface area (Å²) in [6, 6.07) is 10.7. The molecule has 134 valence electrons. The van der Waals surface area contributed by atoms with Crippen molar-refractivity contribution in [2.75, 3.05) is 7.11 Å². The van der Waals surface area contributed by atoms with Crippen LogP contribution in [0.25, 0.3) is 17.0 Å². The molecule has 0 unspecified atom stereocenters. The average molecular weight is 411 g/mol. The minimum Gasteiger partial charge on any atom is -0.497 e. The Balaban J connectivity index is 2.05. The molecular weight excluding hydrogens is 399 g/mol. The molecule has 3 aromatic rings. The lowest BCUT2D eigenvalue weighted by Gasteiger charge is -2.04. The Hall–Kier alpha value is -2.28. The molecule has 0 saturated carbocycles. The van der Waals surface area contributed by atoms with Gasteiger partial charge < -0.3 is 9.15 Å². The average Bonchev–Trinajstić information content (AvgIpc) is 2.59. The van der Waals surface area contributed by atoms with E-state index in [2.05, 4.69) is 0 Å². The van der Waals surface area contributed by atoms with Gasteiger partial charge in [-0.1, -0.05) is 29.3 Å². The molecule has 8 heteroatoms. The van der Waals surface area contributed by atoms with E-state index in [1.54, 1.807) is 24.3 Å². The summed E-state index contributed by atoms with van der Waals surface area (Å²) in [5.74, 6) is 0.494. The van der Waals surface area contributed by atoms with Gasteiger partial charge in [-0.2, -0.15) is 0 Å². The van der Waals surface area contributed by atoms with Crippen LogP contribution >= 0.6 is 23.2 Å². The van der Waals surface area contributed by atoms with Gasteiger partial charge in [-0.05, 0) is 42.0 Å². The number of hydrogen-bond donors (Lipinski definition) is 0. The van der Waals surface area contributed by atoms with Crippen LogP contribution in [0.1, 0.15) is 5.56 Å². The van der Waals surface area contributed by atoms with Crippen molar-refractivity contribution >= 4 is 50.1 Å². The number of ether oxygens (including phenoxy) is 1. The molecule has 0 bridgehead atoms. The van der Waals surface area contributed by atoms with E-state index in [0.29, 0.717) is 26.7 Å². The summed E-state index contributed by atoms with van der Waals surface area (Å²) in [6.07, 6.45) is 1.30. The molecular formula is C18H12Cl2O5S. The van der Waals surface area contributed by atoms with E-state index < -0.39 is 20.4 Å². The smallest absolute Gasteiger partial charge is 0.355 e. The van der Waals surface area contributed by atoms with Crippen LogP contribution in [-0.4, -0.2) is 15.5 Å². The minimum absolute atomic E-state index is 0.234. The van der Waals surface area contributed by atoms with Crippen molar-refractivity contribution in [3.63, 3.8) is 0 Å². The second kappa shape index (κ2) is 7.15. The summed E-state index contributed by atoms with van der Waals surface area (Å²) < 4.78 is 35.2. The summed E-state index contributed by atoms with van der Waals surface area (Å²) in [4.78, 5) is 11.7. The lowest BCUT2D eigenvalue weighted by molar-refractivity contribution is 0.414. The fourth-order valence-corrected chi connectivity index (χ4v) is 3.78. The zero-order valence-electron chi connectivity index (χ0n) is 13.4. The molecule has 0 N–H and O–H groups in total. The van der Waals surface area contributed by atoms with Gasteiger partial charge in [0.1, 0.15) is 11.3 Å². The second-order valence-corrected chi connectivity index (χ2v) is 7.96. The first-order valence-corrected chi connectivity index (χ1v) is 9.60. The molecule has 1 heterocycles. The molecule has 0 aliphatic rings. The van der Waals surface area contributed by atoms with Crippen LogP contribution in [0, 0.1) is 0 Å². The van der Waals surface area contributed by atoms with Crippen molar-refractivity contribution < 1.29 is 17.6 Å². The molecule has 0 atom stereocenters. The Morgan fingerprint density at radius 3 is 2.54 bits per heavy atom. The summed E-state index contributed by atoms with van der Waals surface area (Å²) in [5, 5.41) is 2.09. The van der Waals surface area contributed by atoms with Crippen molar-refractivity contribution in [1.82, 2.24) is 0 Å². The lowest BCUT2D eigenvalue weighted by Crippen LogP contribution is -2.11. The topological polar surface area (TPSA) is 73.6 Å². The summed E-state index contributed by atoms with van der Waals surface area (Å²) in [7, 11) is -2.56. The molecule has 26 heavy (non-hydrogen) atoms. The maximum Gasteiger partial charge on any atom is 0.355 e. The van der Waals surface area contributed by atoms with Crippen molar-refractivity contribution in [2.24, 2.45) is 0 Å². The molecule has 5 nitrogen and oxygen atoms in total. The second-order valence-electron chi connectivity index (χ2n) is 5.32. The Bertz CT molecular complexity index is 1180. The highest BCUT2D eigenvalue weighted by Gasteiger charge is 2.18. The first kappa shape index (κ1) is 18.5. The first-order chi connectivity index (χ1) is 12.3. The fourth-order valence-electron chi connectivity index (χ4n) is 2.27. The van der Waals surface area contributed by atoms with Gasteiger partial charge in [-0.15, -0.1) is 0 Å². The number of methoxy groups -OCH3 is 1. The van der Waals surface area contributed by atoms with E-state index in [-0.39, 0.29) is 5.58 Å². The number of sulfone groups is 1. The van der Waals surface area contributed by atoms with E-state index in [1.807, 2.05) is 0 Å². The quantitative estimate of drug-likeness (QED) is 0.589. The van der Waals surface area contributed by atoms with Crippen LogP contribution < -0.4 is 10.4 Å². The van der Waals surface area contributed by atoms with Gasteiger partial charge >= 0.3 is 5.63 Å². The Morgan fingerprint density at radius 1 is 1.08 bits per heavy atom. The van der Waals surface area contributed by atoms with Crippen molar-refractivity contribution in [3.8, 4) is 5.75 Å². The van der Waals surface area contributed by atoms with Gasteiger partial charge in [0.2, 0.25) is 9.84 Å². The first-order valence-electron chi connectivity index (χ1n) is 7.30. The number of rotatable bonds is 4. The van der Waals surface area contributed by atoms with Crippen LogP contribution in [0.5, 0.6) is 5.75 Å². The van der Waals surface area contributed by atoms with Crippen LogP contribution in [0.15, 0.2) is 62.0 Å². The van der Waals surface area contributed by atoms with Gasteiger partial charge in [0.25, 0.3) is 0 Å². The molecule has 0 fully saturated rings. The van der Waals surface area contributed by atoms with Gasteiger partial charge in [0, 0.05) is 26.9 Å². The number of fused-ring (bicyclic) bond motifs is 1. The standard InChI is InChI=1S/C18H12Cl2O5S/c1-24-14-5-3-12-8-17(18(21)25-16(12)10-14)26(22,23)7-6-11-2-4-13(19)9-15(11)20/h2-10H,1H3. The molecule has 3 rings (SSSR count). The lowest BCUT2D eigenvalue weighted by atomic mass is 10.2. The normalized spacial score (nSPS) is 12.0. The van der Waals surface area contributed by atoms with Crippen LogP contribution in [0.2, 0.25) is 10.0 Å². The maximum absolute atomic E-state index is 12.5. The SMILES string of the molecule is COc1ccc2cc(S(=O)(=O)C=Cc3ccc(Cl)cc3Cl)c(=O)oc2c1. The Labute approximate surface area is 159 Å². The van der Waals surface area contributed by atoms with E-state index in [9.17, 15) is 13.2 Å². The highest BCUT2D eigenvalue weighted by molar-refractivity contribution is 7.94. The van der Waals surface area contributed by atoms with Gasteiger partial charge in [-0.3, -0.25) is 0 Å². The van der Waals surface area contributed by atoms with E-state index in [0.717, 1.165) is 5.41 Å². The molecule has 1 aromatic heterocycles. The van der Waals surface area contributed by atoms with Crippen LogP contribution in [0.4, 0.5) is 0 Å². The van der Waals surface area contributed by atoms with Crippen molar-refractivity contribution in [1.29, 1.82) is 0 Å². The molecule has 0 aliphatic heterocycles. The van der Waals surface area contributed by atoms with E-state index in [1.165, 1.54) is 31.4 Å². The molecule has 2 aromatic carbocycles. The number of hydrogen-bond acceptors (Lipinski definition) is 5. The predicted molar refractivity (Wildman–Crippen MR) is 102 cm³/mol. The Morgan fingerprint density at radius 2 is 1.85 bits per heavy atom. The maximum atomic E-state index is 12.5. The zero-order chi connectivity index (χ0) is 18.9. The third kappa shape index (κ3) is 3.77. The third-order valence-corrected chi connectivity index (χ3v) is 5.56. The minimum atomic E-state index is -4.03. The van der Waals surface area contributed by atoms with E-state index in [4.69, 9.17) is 32.4 Å². The molecule has 0 amide bonds. The van der Waals surface area contributed by atoms with Crippen LogP contribution in [0.3, 0.4) is 0 Å². The van der Waals surface area contributed by atoms with Gasteiger partial charge in [-0.25, -0.2) is 13.2 Å². The molecule has 0 radical (unpaired) electrons. The molecule has 0 saturated heterocycles. The molecule has 0 spiro atoms. The highest BCUT2D eigenvalue weighted by Crippen LogP contribution is 2.24. The molecule has 0 aliphatic carbocycles. The summed E-state index contributed by atoms with van der Waals surface area (Å²) >= 11 is 11.8. The third-order valence-electron chi connectivity index (χ3n) is 3.61. The van der Waals surface area contributed by atoms with Crippen LogP contribution in [-0.2, 0) is 9.84 Å². The summed E-state index contributed by atoms with van der Waals surface area (Å²) in [6.45, 7) is 0.